The third-order valence-corrected chi connectivity index (χ3v) is 4.86. The van der Waals surface area contributed by atoms with E-state index in [2.05, 4.69) is 15.5 Å². The van der Waals surface area contributed by atoms with Crippen LogP contribution in [0.2, 0.25) is 0 Å². The number of benzene rings is 2. The SMILES string of the molecule is CC(NC(=O)c1ccccc1SCC(N)=O)c1nc(-c2ccc(F)cc2)no1. The number of carbonyl (C=O) groups is 2. The first kappa shape index (κ1) is 19.6. The normalized spacial score (nSPS) is 11.8. The predicted octanol–water partition coefficient (Wildman–Crippen LogP) is 2.94. The van der Waals surface area contributed by atoms with E-state index >= 15 is 0 Å². The van der Waals surface area contributed by atoms with Crippen molar-refractivity contribution in [2.45, 2.75) is 17.9 Å². The number of hydrogen-bond acceptors (Lipinski definition) is 6. The molecule has 3 N–H and O–H groups in total. The number of thioether (sulfide) groups is 1. The van der Waals surface area contributed by atoms with E-state index in [9.17, 15) is 14.0 Å². The highest BCUT2D eigenvalue weighted by Crippen LogP contribution is 2.24. The van der Waals surface area contributed by atoms with E-state index in [1.807, 2.05) is 0 Å². The highest BCUT2D eigenvalue weighted by Gasteiger charge is 2.20. The van der Waals surface area contributed by atoms with Crippen LogP contribution in [0.4, 0.5) is 4.39 Å². The summed E-state index contributed by atoms with van der Waals surface area (Å²) in [7, 11) is 0. The van der Waals surface area contributed by atoms with Crippen LogP contribution in [0.3, 0.4) is 0 Å². The summed E-state index contributed by atoms with van der Waals surface area (Å²) in [6, 6.07) is 12.0. The molecule has 1 aromatic heterocycles. The maximum Gasteiger partial charge on any atom is 0.253 e. The van der Waals surface area contributed by atoms with Crippen molar-refractivity contribution >= 4 is 23.6 Å². The summed E-state index contributed by atoms with van der Waals surface area (Å²) in [5.74, 6) is -0.580. The van der Waals surface area contributed by atoms with Gasteiger partial charge in [-0.05, 0) is 43.3 Å². The van der Waals surface area contributed by atoms with Gasteiger partial charge >= 0.3 is 0 Å². The molecule has 0 aliphatic heterocycles. The van der Waals surface area contributed by atoms with Crippen LogP contribution in [-0.4, -0.2) is 27.7 Å². The second-order valence-corrected chi connectivity index (χ2v) is 6.93. The Hall–Kier alpha value is -3.20. The molecular weight excluding hydrogens is 383 g/mol. The number of nitrogens with zero attached hydrogens (tertiary/aromatic N) is 2. The molecule has 0 aliphatic rings. The largest absolute Gasteiger partial charge is 0.369 e. The second-order valence-electron chi connectivity index (χ2n) is 5.91. The molecule has 28 heavy (non-hydrogen) atoms. The number of nitrogens with one attached hydrogen (secondary N) is 1. The summed E-state index contributed by atoms with van der Waals surface area (Å²) >= 11 is 1.19. The summed E-state index contributed by atoms with van der Waals surface area (Å²) in [5, 5.41) is 6.66. The molecule has 1 unspecified atom stereocenters. The van der Waals surface area contributed by atoms with E-state index in [0.717, 1.165) is 0 Å². The molecule has 144 valence electrons. The van der Waals surface area contributed by atoms with Crippen LogP contribution >= 0.6 is 11.8 Å². The second kappa shape index (κ2) is 8.66. The van der Waals surface area contributed by atoms with Gasteiger partial charge in [0.1, 0.15) is 11.9 Å². The van der Waals surface area contributed by atoms with Gasteiger partial charge in [-0.15, -0.1) is 11.8 Å². The topological polar surface area (TPSA) is 111 Å². The van der Waals surface area contributed by atoms with Gasteiger partial charge in [0.05, 0.1) is 11.3 Å². The maximum absolute atomic E-state index is 13.0. The summed E-state index contributed by atoms with van der Waals surface area (Å²) < 4.78 is 18.3. The molecule has 0 bridgehead atoms. The van der Waals surface area contributed by atoms with E-state index < -0.39 is 11.9 Å². The minimum atomic E-state index is -0.552. The lowest BCUT2D eigenvalue weighted by Crippen LogP contribution is -2.27. The molecule has 3 rings (SSSR count). The Morgan fingerprint density at radius 3 is 2.64 bits per heavy atom. The first-order chi connectivity index (χ1) is 13.4. The molecular formula is C19H17FN4O3S. The summed E-state index contributed by atoms with van der Waals surface area (Å²) in [6.07, 6.45) is 0. The number of halogens is 1. The first-order valence-electron chi connectivity index (χ1n) is 8.34. The van der Waals surface area contributed by atoms with Crippen molar-refractivity contribution in [2.24, 2.45) is 5.73 Å². The van der Waals surface area contributed by atoms with Crippen LogP contribution in [-0.2, 0) is 4.79 Å². The Kier molecular flexibility index (Phi) is 6.05. The van der Waals surface area contributed by atoms with E-state index in [0.29, 0.717) is 21.8 Å². The van der Waals surface area contributed by atoms with Crippen molar-refractivity contribution < 1.29 is 18.5 Å². The molecule has 0 saturated carbocycles. The summed E-state index contributed by atoms with van der Waals surface area (Å²) in [6.45, 7) is 1.71. The quantitative estimate of drug-likeness (QED) is 0.590. The van der Waals surface area contributed by atoms with Crippen molar-refractivity contribution in [3.63, 3.8) is 0 Å². The monoisotopic (exact) mass is 400 g/mol. The zero-order valence-electron chi connectivity index (χ0n) is 14.9. The fourth-order valence-corrected chi connectivity index (χ4v) is 3.18. The Balaban J connectivity index is 1.71. The zero-order chi connectivity index (χ0) is 20.1. The van der Waals surface area contributed by atoms with Crippen LogP contribution in [0.1, 0.15) is 29.2 Å². The van der Waals surface area contributed by atoms with Gasteiger partial charge in [-0.25, -0.2) is 4.39 Å². The smallest absolute Gasteiger partial charge is 0.253 e. The molecule has 2 amide bonds. The Morgan fingerprint density at radius 1 is 1.21 bits per heavy atom. The molecule has 0 fully saturated rings. The van der Waals surface area contributed by atoms with E-state index in [1.54, 1.807) is 43.3 Å². The Morgan fingerprint density at radius 2 is 1.93 bits per heavy atom. The number of hydrogen-bond donors (Lipinski definition) is 2. The maximum atomic E-state index is 13.0. The molecule has 0 aliphatic carbocycles. The third-order valence-electron chi connectivity index (χ3n) is 3.76. The van der Waals surface area contributed by atoms with Gasteiger partial charge in [-0.1, -0.05) is 17.3 Å². The third kappa shape index (κ3) is 4.74. The average molecular weight is 400 g/mol. The van der Waals surface area contributed by atoms with E-state index in [1.165, 1.54) is 23.9 Å². The Bertz CT molecular complexity index is 991. The van der Waals surface area contributed by atoms with Crippen LogP contribution < -0.4 is 11.1 Å². The molecule has 2 aromatic carbocycles. The summed E-state index contributed by atoms with van der Waals surface area (Å²) in [5.41, 5.74) is 6.19. The van der Waals surface area contributed by atoms with Crippen molar-refractivity contribution in [1.29, 1.82) is 0 Å². The standard InChI is InChI=1S/C19H17FN4O3S/c1-11(19-23-17(24-27-19)12-6-8-13(20)9-7-12)22-18(26)14-4-2-3-5-15(14)28-10-16(21)25/h2-9,11H,10H2,1H3,(H2,21,25)(H,22,26). The molecule has 1 atom stereocenters. The van der Waals surface area contributed by atoms with Crippen molar-refractivity contribution in [3.8, 4) is 11.4 Å². The number of carbonyl (C=O) groups excluding carboxylic acids is 2. The van der Waals surface area contributed by atoms with Gasteiger partial charge in [-0.3, -0.25) is 9.59 Å². The highest BCUT2D eigenvalue weighted by molar-refractivity contribution is 8.00. The van der Waals surface area contributed by atoms with Gasteiger partial charge in [0.25, 0.3) is 5.91 Å². The van der Waals surface area contributed by atoms with Crippen molar-refractivity contribution in [2.75, 3.05) is 5.75 Å². The molecule has 0 saturated heterocycles. The van der Waals surface area contributed by atoms with Crippen LogP contribution in [0, 0.1) is 5.82 Å². The lowest BCUT2D eigenvalue weighted by Gasteiger charge is -2.12. The molecule has 3 aromatic rings. The molecule has 0 radical (unpaired) electrons. The molecule has 1 heterocycles. The van der Waals surface area contributed by atoms with Gasteiger partial charge in [0.15, 0.2) is 0 Å². The van der Waals surface area contributed by atoms with E-state index in [-0.39, 0.29) is 23.4 Å². The fraction of sp³-hybridized carbons (Fsp3) is 0.158. The van der Waals surface area contributed by atoms with E-state index in [4.69, 9.17) is 10.3 Å². The van der Waals surface area contributed by atoms with Gasteiger partial charge < -0.3 is 15.6 Å². The lowest BCUT2D eigenvalue weighted by molar-refractivity contribution is -0.115. The lowest BCUT2D eigenvalue weighted by atomic mass is 10.2. The fourth-order valence-electron chi connectivity index (χ4n) is 2.39. The van der Waals surface area contributed by atoms with Crippen molar-refractivity contribution in [3.05, 3.63) is 65.8 Å². The number of amides is 2. The molecule has 0 spiro atoms. The van der Waals surface area contributed by atoms with Crippen molar-refractivity contribution in [1.82, 2.24) is 15.5 Å². The summed E-state index contributed by atoms with van der Waals surface area (Å²) in [4.78, 5) is 28.5. The van der Waals surface area contributed by atoms with Crippen LogP contribution in [0.25, 0.3) is 11.4 Å². The predicted molar refractivity (Wildman–Crippen MR) is 102 cm³/mol. The molecule has 9 heteroatoms. The number of nitrogens with two attached hydrogens (primary N) is 1. The zero-order valence-corrected chi connectivity index (χ0v) is 15.7. The van der Waals surface area contributed by atoms with Crippen LogP contribution in [0.15, 0.2) is 57.9 Å². The first-order valence-corrected chi connectivity index (χ1v) is 9.33. The number of rotatable bonds is 7. The Labute approximate surface area is 164 Å². The number of primary amides is 1. The average Bonchev–Trinajstić information content (AvgIpc) is 3.17. The highest BCUT2D eigenvalue weighted by atomic mass is 32.2. The minimum absolute atomic E-state index is 0.0739. The van der Waals surface area contributed by atoms with Crippen LogP contribution in [0.5, 0.6) is 0 Å². The van der Waals surface area contributed by atoms with Gasteiger partial charge in [0.2, 0.25) is 17.6 Å². The molecule has 7 nitrogen and oxygen atoms in total. The minimum Gasteiger partial charge on any atom is -0.369 e. The van der Waals surface area contributed by atoms with Gasteiger partial charge in [-0.2, -0.15) is 4.98 Å². The van der Waals surface area contributed by atoms with Gasteiger partial charge in [0, 0.05) is 10.5 Å². The number of aromatic nitrogens is 2.